The predicted molar refractivity (Wildman–Crippen MR) is 134 cm³/mol. The third kappa shape index (κ3) is 4.96. The molecule has 0 bridgehead atoms. The molecule has 2 atom stereocenters. The van der Waals surface area contributed by atoms with Gasteiger partial charge >= 0.3 is 0 Å². The highest BCUT2D eigenvalue weighted by Gasteiger charge is 2.20. The zero-order valence-electron chi connectivity index (χ0n) is 19.7. The number of rotatable bonds is 6. The lowest BCUT2D eigenvalue weighted by Crippen LogP contribution is -2.31. The van der Waals surface area contributed by atoms with Crippen LogP contribution in [0.5, 0.6) is 0 Å². The molecular weight excluding hydrogens is 441 g/mol. The fourth-order valence-corrected chi connectivity index (χ4v) is 4.77. The van der Waals surface area contributed by atoms with E-state index in [0.29, 0.717) is 11.5 Å². The van der Waals surface area contributed by atoms with E-state index in [4.69, 9.17) is 16.1 Å². The van der Waals surface area contributed by atoms with Crippen LogP contribution in [0.4, 0.5) is 10.2 Å². The fourth-order valence-electron chi connectivity index (χ4n) is 4.77. The Morgan fingerprint density at radius 1 is 1.11 bits per heavy atom. The van der Waals surface area contributed by atoms with Crippen LogP contribution >= 0.6 is 0 Å². The molecule has 35 heavy (non-hydrogen) atoms. The first kappa shape index (κ1) is 22.8. The highest BCUT2D eigenvalue weighted by atomic mass is 19.1. The van der Waals surface area contributed by atoms with Crippen molar-refractivity contribution in [2.75, 3.05) is 11.9 Å². The number of nitrogens with one attached hydrogen (secondary N) is 1. The molecule has 1 aliphatic rings. The highest BCUT2D eigenvalue weighted by molar-refractivity contribution is 5.68. The standard InChI is InChI=1S/C27H28FN7/c1-34-17-22(16-32-34)19-7-9-24(10-8-19)35-26(20-5-6-21(14-29)25(28)12-20)13-27(33-35)31-15-18-3-2-4-23(30)11-18/h5-10,12-13,16-18,23H,2-4,11,15,30H2,1H3,(H,31,33)/t18?,23-/m0/s1. The summed E-state index contributed by atoms with van der Waals surface area (Å²) in [5, 5.41) is 21.6. The Hall–Kier alpha value is -3.96. The van der Waals surface area contributed by atoms with E-state index in [1.807, 2.05) is 60.5 Å². The van der Waals surface area contributed by atoms with Gasteiger partial charge in [-0.3, -0.25) is 4.68 Å². The Balaban J connectivity index is 1.47. The van der Waals surface area contributed by atoms with E-state index >= 15 is 0 Å². The Bertz CT molecular complexity index is 1360. The number of halogens is 1. The van der Waals surface area contributed by atoms with Crippen molar-refractivity contribution in [1.82, 2.24) is 19.6 Å². The molecule has 1 fully saturated rings. The van der Waals surface area contributed by atoms with Crippen molar-refractivity contribution in [1.29, 1.82) is 5.26 Å². The van der Waals surface area contributed by atoms with Crippen LogP contribution in [0.2, 0.25) is 0 Å². The summed E-state index contributed by atoms with van der Waals surface area (Å²) in [5.74, 6) is 0.689. The number of aryl methyl sites for hydroxylation is 1. The molecule has 178 valence electrons. The monoisotopic (exact) mass is 469 g/mol. The lowest BCUT2D eigenvalue weighted by atomic mass is 9.86. The van der Waals surface area contributed by atoms with Crippen molar-refractivity contribution in [2.45, 2.75) is 31.7 Å². The van der Waals surface area contributed by atoms with Crippen molar-refractivity contribution in [3.63, 3.8) is 0 Å². The normalized spacial score (nSPS) is 17.8. The fraction of sp³-hybridized carbons (Fsp3) is 0.296. The second kappa shape index (κ2) is 9.72. The molecule has 5 rings (SSSR count). The molecule has 0 spiro atoms. The van der Waals surface area contributed by atoms with E-state index in [2.05, 4.69) is 10.4 Å². The van der Waals surface area contributed by atoms with Gasteiger partial charge in [0, 0.05) is 43.0 Å². The van der Waals surface area contributed by atoms with Crippen LogP contribution in [-0.2, 0) is 7.05 Å². The molecule has 8 heteroatoms. The second-order valence-electron chi connectivity index (χ2n) is 9.26. The summed E-state index contributed by atoms with van der Waals surface area (Å²) in [4.78, 5) is 0. The number of benzene rings is 2. The van der Waals surface area contributed by atoms with Crippen LogP contribution in [-0.4, -0.2) is 32.1 Å². The largest absolute Gasteiger partial charge is 0.368 e. The van der Waals surface area contributed by atoms with Crippen LogP contribution in [0, 0.1) is 23.1 Å². The molecule has 0 amide bonds. The van der Waals surface area contributed by atoms with E-state index in [1.54, 1.807) is 10.7 Å². The van der Waals surface area contributed by atoms with Crippen molar-refractivity contribution in [3.8, 4) is 34.1 Å². The van der Waals surface area contributed by atoms with Gasteiger partial charge in [0.25, 0.3) is 0 Å². The van der Waals surface area contributed by atoms with E-state index in [-0.39, 0.29) is 11.6 Å². The summed E-state index contributed by atoms with van der Waals surface area (Å²) in [6, 6.07) is 16.7. The van der Waals surface area contributed by atoms with Gasteiger partial charge in [-0.25, -0.2) is 9.07 Å². The Morgan fingerprint density at radius 3 is 2.60 bits per heavy atom. The maximum Gasteiger partial charge on any atom is 0.149 e. The summed E-state index contributed by atoms with van der Waals surface area (Å²) in [5.41, 5.74) is 10.5. The summed E-state index contributed by atoms with van der Waals surface area (Å²) >= 11 is 0. The minimum Gasteiger partial charge on any atom is -0.368 e. The molecule has 3 N–H and O–H groups in total. The van der Waals surface area contributed by atoms with Gasteiger partial charge in [0.1, 0.15) is 17.7 Å². The maximum atomic E-state index is 14.5. The minimum absolute atomic E-state index is 0.0209. The SMILES string of the molecule is Cn1cc(-c2ccc(-n3nc(NCC4CCC[C@H](N)C4)cc3-c3ccc(C#N)c(F)c3)cc2)cn1. The molecule has 1 unspecified atom stereocenters. The third-order valence-corrected chi connectivity index (χ3v) is 6.64. The van der Waals surface area contributed by atoms with Gasteiger partial charge < -0.3 is 11.1 Å². The average Bonchev–Trinajstić information content (AvgIpc) is 3.49. The maximum absolute atomic E-state index is 14.5. The van der Waals surface area contributed by atoms with Gasteiger partial charge in [-0.1, -0.05) is 24.6 Å². The zero-order valence-corrected chi connectivity index (χ0v) is 19.7. The van der Waals surface area contributed by atoms with E-state index in [9.17, 15) is 4.39 Å². The van der Waals surface area contributed by atoms with Gasteiger partial charge in [-0.2, -0.15) is 10.4 Å². The number of hydrogen-bond donors (Lipinski definition) is 2. The molecule has 2 aromatic heterocycles. The average molecular weight is 470 g/mol. The molecule has 0 aliphatic heterocycles. The topological polar surface area (TPSA) is 97.5 Å². The predicted octanol–water partition coefficient (Wildman–Crippen LogP) is 4.88. The van der Waals surface area contributed by atoms with Gasteiger partial charge in [0.2, 0.25) is 0 Å². The molecule has 7 nitrogen and oxygen atoms in total. The number of hydrogen-bond acceptors (Lipinski definition) is 5. The number of aromatic nitrogens is 4. The van der Waals surface area contributed by atoms with Crippen LogP contribution in [0.15, 0.2) is 60.9 Å². The first-order chi connectivity index (χ1) is 17.0. The Kier molecular flexibility index (Phi) is 6.34. The molecule has 1 aliphatic carbocycles. The molecule has 1 saturated carbocycles. The molecular formula is C27H28FN7. The van der Waals surface area contributed by atoms with Crippen LogP contribution < -0.4 is 11.1 Å². The van der Waals surface area contributed by atoms with Crippen LogP contribution in [0.1, 0.15) is 31.2 Å². The molecule has 0 saturated heterocycles. The van der Waals surface area contributed by atoms with Gasteiger partial charge in [-0.05, 0) is 55.0 Å². The quantitative estimate of drug-likeness (QED) is 0.419. The third-order valence-electron chi connectivity index (χ3n) is 6.64. The van der Waals surface area contributed by atoms with Crippen molar-refractivity contribution in [3.05, 3.63) is 72.3 Å². The lowest BCUT2D eigenvalue weighted by Gasteiger charge is -2.26. The van der Waals surface area contributed by atoms with Crippen molar-refractivity contribution in [2.24, 2.45) is 18.7 Å². The number of anilines is 1. The lowest BCUT2D eigenvalue weighted by molar-refractivity contribution is 0.335. The second-order valence-corrected chi connectivity index (χ2v) is 9.26. The summed E-state index contributed by atoms with van der Waals surface area (Å²) < 4.78 is 18.0. The van der Waals surface area contributed by atoms with Gasteiger partial charge in [0.05, 0.1) is 23.1 Å². The Labute approximate surface area is 204 Å². The summed E-state index contributed by atoms with van der Waals surface area (Å²) in [6.45, 7) is 0.797. The summed E-state index contributed by atoms with van der Waals surface area (Å²) in [6.07, 6.45) is 8.21. The Morgan fingerprint density at radius 2 is 1.91 bits per heavy atom. The zero-order chi connectivity index (χ0) is 24.4. The van der Waals surface area contributed by atoms with E-state index in [0.717, 1.165) is 60.6 Å². The first-order valence-electron chi connectivity index (χ1n) is 11.9. The highest BCUT2D eigenvalue weighted by Crippen LogP contribution is 2.30. The molecule has 2 heterocycles. The first-order valence-corrected chi connectivity index (χ1v) is 11.9. The van der Waals surface area contributed by atoms with E-state index in [1.165, 1.54) is 12.1 Å². The molecule has 0 radical (unpaired) electrons. The number of nitriles is 1. The van der Waals surface area contributed by atoms with Gasteiger partial charge in [0.15, 0.2) is 0 Å². The van der Waals surface area contributed by atoms with Crippen molar-refractivity contribution < 1.29 is 4.39 Å². The van der Waals surface area contributed by atoms with Crippen LogP contribution in [0.25, 0.3) is 28.1 Å². The smallest absolute Gasteiger partial charge is 0.149 e. The van der Waals surface area contributed by atoms with Gasteiger partial charge in [-0.15, -0.1) is 5.10 Å². The molecule has 2 aromatic carbocycles. The number of nitrogens with two attached hydrogens (primary N) is 1. The van der Waals surface area contributed by atoms with Crippen LogP contribution in [0.3, 0.4) is 0 Å². The minimum atomic E-state index is -0.546. The summed E-state index contributed by atoms with van der Waals surface area (Å²) in [7, 11) is 1.89. The number of nitrogens with zero attached hydrogens (tertiary/aromatic N) is 5. The molecule has 4 aromatic rings. The van der Waals surface area contributed by atoms with E-state index < -0.39 is 5.82 Å². The van der Waals surface area contributed by atoms with Crippen molar-refractivity contribution >= 4 is 5.82 Å².